The fourth-order valence-corrected chi connectivity index (χ4v) is 4.52. The summed E-state index contributed by atoms with van der Waals surface area (Å²) in [6.45, 7) is 4.29. The van der Waals surface area contributed by atoms with Gasteiger partial charge in [-0.05, 0) is 49.7 Å². The van der Waals surface area contributed by atoms with E-state index in [0.29, 0.717) is 54.7 Å². The number of amides is 1. The Morgan fingerprint density at radius 1 is 1.10 bits per heavy atom. The Labute approximate surface area is 241 Å². The number of nitrogens with one attached hydrogen (secondary N) is 2. The van der Waals surface area contributed by atoms with Crippen molar-refractivity contribution in [2.75, 3.05) is 43.5 Å². The Morgan fingerprint density at radius 2 is 1.95 bits per heavy atom. The van der Waals surface area contributed by atoms with E-state index in [1.54, 1.807) is 18.3 Å². The van der Waals surface area contributed by atoms with Crippen LogP contribution < -0.4 is 15.4 Å². The molecule has 0 radical (unpaired) electrons. The molecule has 0 spiro atoms. The third-order valence-corrected chi connectivity index (χ3v) is 6.52. The van der Waals surface area contributed by atoms with Gasteiger partial charge in [-0.2, -0.15) is 5.10 Å². The van der Waals surface area contributed by atoms with Crippen molar-refractivity contribution in [3.8, 4) is 5.75 Å². The van der Waals surface area contributed by atoms with Crippen LogP contribution in [0.5, 0.6) is 5.75 Å². The predicted octanol–water partition coefficient (Wildman–Crippen LogP) is 3.94. The molecule has 0 saturated carbocycles. The van der Waals surface area contributed by atoms with E-state index >= 15 is 0 Å². The lowest BCUT2D eigenvalue weighted by Crippen LogP contribution is -2.30. The third kappa shape index (κ3) is 9.86. The molecule has 15 heteroatoms. The summed E-state index contributed by atoms with van der Waals surface area (Å²) in [5.74, 6) is 0.884. The zero-order valence-corrected chi connectivity index (χ0v) is 23.9. The Bertz CT molecular complexity index is 1530. The van der Waals surface area contributed by atoms with Gasteiger partial charge >= 0.3 is 7.82 Å². The van der Waals surface area contributed by atoms with Gasteiger partial charge in [-0.25, -0.2) is 18.9 Å². The normalized spacial score (nSPS) is 11.6. The highest BCUT2D eigenvalue weighted by Gasteiger charge is 2.15. The molecule has 0 saturated heterocycles. The second-order valence-electron chi connectivity index (χ2n) is 9.35. The number of carbonyl (C=O) groups is 1. The van der Waals surface area contributed by atoms with Crippen molar-refractivity contribution in [2.45, 2.75) is 26.3 Å². The zero-order chi connectivity index (χ0) is 30.0. The summed E-state index contributed by atoms with van der Waals surface area (Å²) in [4.78, 5) is 40.8. The maximum Gasteiger partial charge on any atom is 0.469 e. The van der Waals surface area contributed by atoms with Crippen molar-refractivity contribution >= 4 is 42.0 Å². The van der Waals surface area contributed by atoms with Gasteiger partial charge in [0.25, 0.3) is 0 Å². The zero-order valence-electron chi connectivity index (χ0n) is 23.0. The summed E-state index contributed by atoms with van der Waals surface area (Å²) in [7, 11) is -4.47. The molecule has 224 valence electrons. The van der Waals surface area contributed by atoms with E-state index in [1.807, 2.05) is 25.1 Å². The summed E-state index contributed by atoms with van der Waals surface area (Å²) in [5.41, 5.74) is 1.03. The molecular formula is C27H33FN7O6P. The molecule has 0 aliphatic heterocycles. The smallest absolute Gasteiger partial charge is 0.469 e. The van der Waals surface area contributed by atoms with Crippen LogP contribution in [0.4, 0.5) is 21.7 Å². The van der Waals surface area contributed by atoms with Gasteiger partial charge in [0.1, 0.15) is 30.3 Å². The SMILES string of the molecule is CCCN(CCCOc1ccc2c(Nc3ccn(CC(=O)Nc4cccc(F)c4)n3)ncnc2c1)CCOP(=O)(O)O. The maximum atomic E-state index is 13.4. The molecular weight excluding hydrogens is 568 g/mol. The van der Waals surface area contributed by atoms with Gasteiger partial charge in [-0.15, -0.1) is 0 Å². The topological polar surface area (TPSA) is 164 Å². The highest BCUT2D eigenvalue weighted by atomic mass is 31.2. The minimum atomic E-state index is -4.47. The first kappa shape index (κ1) is 31.0. The number of phosphoric ester groups is 1. The number of ether oxygens (including phenoxy) is 1. The summed E-state index contributed by atoms with van der Waals surface area (Å²) in [6, 6.07) is 12.9. The van der Waals surface area contributed by atoms with Crippen molar-refractivity contribution in [1.29, 1.82) is 0 Å². The lowest BCUT2D eigenvalue weighted by atomic mass is 10.2. The molecule has 0 fully saturated rings. The second-order valence-corrected chi connectivity index (χ2v) is 10.6. The Morgan fingerprint density at radius 3 is 2.74 bits per heavy atom. The monoisotopic (exact) mass is 601 g/mol. The van der Waals surface area contributed by atoms with Gasteiger partial charge < -0.3 is 30.1 Å². The molecule has 0 unspecified atom stereocenters. The first-order valence-corrected chi connectivity index (χ1v) is 14.9. The minimum Gasteiger partial charge on any atom is -0.493 e. The second kappa shape index (κ2) is 14.8. The minimum absolute atomic E-state index is 0.0436. The predicted molar refractivity (Wildman–Crippen MR) is 155 cm³/mol. The van der Waals surface area contributed by atoms with E-state index in [9.17, 15) is 13.8 Å². The van der Waals surface area contributed by atoms with Crippen LogP contribution >= 0.6 is 7.82 Å². The summed E-state index contributed by atoms with van der Waals surface area (Å²) >= 11 is 0. The van der Waals surface area contributed by atoms with E-state index in [4.69, 9.17) is 14.5 Å². The van der Waals surface area contributed by atoms with E-state index in [2.05, 4.69) is 35.1 Å². The molecule has 0 aliphatic carbocycles. The van der Waals surface area contributed by atoms with Crippen LogP contribution in [0.1, 0.15) is 19.8 Å². The van der Waals surface area contributed by atoms with Gasteiger partial charge in [-0.3, -0.25) is 14.0 Å². The molecule has 0 atom stereocenters. The third-order valence-electron chi connectivity index (χ3n) is 6.00. The standard InChI is InChI=1S/C27H33FN7O6P/c1-2-10-34(13-15-41-42(37,38)39)11-4-14-40-22-7-8-23-24(17-22)29-19-30-27(23)32-25-9-12-35(33-25)18-26(36)31-21-6-3-5-20(28)16-21/h3,5-9,12,16-17,19H,2,4,10-11,13-15,18H2,1H3,(H,31,36)(H2,37,38,39)(H,29,30,32,33). The molecule has 0 bridgehead atoms. The van der Waals surface area contributed by atoms with Crippen LogP contribution in [0, 0.1) is 5.82 Å². The van der Waals surface area contributed by atoms with Crippen LogP contribution in [0.2, 0.25) is 0 Å². The molecule has 13 nitrogen and oxygen atoms in total. The fourth-order valence-electron chi connectivity index (χ4n) is 4.20. The van der Waals surface area contributed by atoms with Gasteiger partial charge in [0, 0.05) is 42.5 Å². The number of hydrogen-bond acceptors (Lipinski definition) is 9. The number of hydrogen-bond donors (Lipinski definition) is 4. The van der Waals surface area contributed by atoms with E-state index in [1.165, 1.54) is 29.2 Å². The van der Waals surface area contributed by atoms with Crippen LogP contribution in [-0.2, 0) is 20.4 Å². The van der Waals surface area contributed by atoms with Gasteiger partial charge in [0.2, 0.25) is 5.91 Å². The number of halogens is 1. The van der Waals surface area contributed by atoms with Crippen molar-refractivity contribution in [2.24, 2.45) is 0 Å². The number of fused-ring (bicyclic) bond motifs is 1. The number of anilines is 3. The Kier molecular flexibility index (Phi) is 10.9. The van der Waals surface area contributed by atoms with Crippen molar-refractivity contribution in [1.82, 2.24) is 24.6 Å². The number of rotatable bonds is 16. The quantitative estimate of drug-likeness (QED) is 0.109. The number of aromatic nitrogens is 4. The highest BCUT2D eigenvalue weighted by molar-refractivity contribution is 7.46. The van der Waals surface area contributed by atoms with E-state index < -0.39 is 13.6 Å². The summed E-state index contributed by atoms with van der Waals surface area (Å²) in [5, 5.41) is 10.9. The lowest BCUT2D eigenvalue weighted by molar-refractivity contribution is -0.116. The molecule has 2 heterocycles. The molecule has 2 aromatic carbocycles. The van der Waals surface area contributed by atoms with Gasteiger partial charge in [-0.1, -0.05) is 13.0 Å². The number of benzene rings is 2. The van der Waals surface area contributed by atoms with Crippen molar-refractivity contribution in [3.63, 3.8) is 0 Å². The fraction of sp³-hybridized carbons (Fsp3) is 0.333. The lowest BCUT2D eigenvalue weighted by Gasteiger charge is -2.21. The van der Waals surface area contributed by atoms with Crippen LogP contribution in [0.15, 0.2) is 61.1 Å². The first-order chi connectivity index (χ1) is 20.2. The van der Waals surface area contributed by atoms with Crippen LogP contribution in [0.25, 0.3) is 10.9 Å². The average Bonchev–Trinajstić information content (AvgIpc) is 3.36. The van der Waals surface area contributed by atoms with E-state index in [0.717, 1.165) is 18.4 Å². The number of carbonyl (C=O) groups excluding carboxylic acids is 1. The first-order valence-electron chi connectivity index (χ1n) is 13.3. The van der Waals surface area contributed by atoms with Crippen LogP contribution in [0.3, 0.4) is 0 Å². The molecule has 0 aliphatic rings. The van der Waals surface area contributed by atoms with Crippen molar-refractivity contribution in [3.05, 3.63) is 66.9 Å². The molecule has 1 amide bonds. The maximum absolute atomic E-state index is 13.4. The van der Waals surface area contributed by atoms with Gasteiger partial charge in [0.15, 0.2) is 5.82 Å². The average molecular weight is 602 g/mol. The molecule has 4 aromatic rings. The van der Waals surface area contributed by atoms with Gasteiger partial charge in [0.05, 0.1) is 18.7 Å². The summed E-state index contributed by atoms with van der Waals surface area (Å²) in [6.07, 6.45) is 4.70. The molecule has 42 heavy (non-hydrogen) atoms. The van der Waals surface area contributed by atoms with Crippen LogP contribution in [-0.4, -0.2) is 73.2 Å². The Hall–Kier alpha value is -3.94. The molecule has 2 aromatic heterocycles. The highest BCUT2D eigenvalue weighted by Crippen LogP contribution is 2.35. The molecule has 4 N–H and O–H groups in total. The van der Waals surface area contributed by atoms with E-state index in [-0.39, 0.29) is 19.1 Å². The largest absolute Gasteiger partial charge is 0.493 e. The Balaban J connectivity index is 1.29. The van der Waals surface area contributed by atoms with Crippen molar-refractivity contribution < 1.29 is 32.8 Å². The summed E-state index contributed by atoms with van der Waals surface area (Å²) < 4.78 is 36.2. The number of nitrogens with zero attached hydrogens (tertiary/aromatic N) is 5. The number of phosphoric acid groups is 1. The molecule has 4 rings (SSSR count).